The smallest absolute Gasteiger partial charge is 0.360 e. The van der Waals surface area contributed by atoms with Crippen molar-refractivity contribution >= 4 is 29.3 Å². The zero-order chi connectivity index (χ0) is 23.9. The van der Waals surface area contributed by atoms with Crippen LogP contribution in [0.3, 0.4) is 0 Å². The lowest BCUT2D eigenvalue weighted by molar-refractivity contribution is -0.125. The van der Waals surface area contributed by atoms with Crippen molar-refractivity contribution < 1.29 is 19.1 Å². The number of hydrogen-bond acceptors (Lipinski definition) is 8. The van der Waals surface area contributed by atoms with Crippen LogP contribution in [0.15, 0.2) is 54.1 Å². The lowest BCUT2D eigenvalue weighted by Gasteiger charge is -2.21. The maximum Gasteiger partial charge on any atom is 0.360 e. The predicted octanol–water partition coefficient (Wildman–Crippen LogP) is 2.78. The second kappa shape index (κ2) is 11.1. The van der Waals surface area contributed by atoms with E-state index in [-0.39, 0.29) is 23.7 Å². The van der Waals surface area contributed by atoms with E-state index in [1.54, 1.807) is 29.3 Å². The van der Waals surface area contributed by atoms with Crippen molar-refractivity contribution in [3.63, 3.8) is 0 Å². The van der Waals surface area contributed by atoms with Gasteiger partial charge in [-0.05, 0) is 35.6 Å². The molecule has 0 unspecified atom stereocenters. The number of nitrogens with zero attached hydrogens (tertiary/aromatic N) is 4. The normalized spacial score (nSPS) is 18.3. The summed E-state index contributed by atoms with van der Waals surface area (Å²) in [5, 5.41) is 13.1. The minimum Gasteiger partial charge on any atom is -0.497 e. The molecule has 3 heterocycles. The molecule has 10 heteroatoms. The summed E-state index contributed by atoms with van der Waals surface area (Å²) in [6, 6.07) is 11.4. The summed E-state index contributed by atoms with van der Waals surface area (Å²) >= 11 is 1.61. The third-order valence-corrected chi connectivity index (χ3v) is 6.62. The topological polar surface area (TPSA) is 98.6 Å². The summed E-state index contributed by atoms with van der Waals surface area (Å²) in [6.07, 6.45) is 6.22. The molecule has 0 aliphatic carbocycles. The molecule has 1 amide bonds. The quantitative estimate of drug-likeness (QED) is 0.469. The Bertz CT molecular complexity index is 1130. The van der Waals surface area contributed by atoms with E-state index >= 15 is 0 Å². The Morgan fingerprint density at radius 3 is 2.76 bits per heavy atom. The van der Waals surface area contributed by atoms with Gasteiger partial charge in [0.1, 0.15) is 5.75 Å². The second-order valence-corrected chi connectivity index (χ2v) is 8.94. The van der Waals surface area contributed by atoms with Gasteiger partial charge in [0.05, 0.1) is 39.0 Å². The monoisotopic (exact) mass is 481 g/mol. The number of amides is 1. The van der Waals surface area contributed by atoms with Crippen molar-refractivity contribution in [1.82, 2.24) is 25.2 Å². The van der Waals surface area contributed by atoms with Crippen LogP contribution in [0.2, 0.25) is 0 Å². The van der Waals surface area contributed by atoms with Crippen LogP contribution in [0.4, 0.5) is 0 Å². The Labute approximate surface area is 202 Å². The number of ether oxygens (including phenoxy) is 2. The van der Waals surface area contributed by atoms with Gasteiger partial charge in [0.15, 0.2) is 5.69 Å². The molecule has 4 rings (SSSR count). The molecule has 3 aromatic rings. The molecule has 1 aliphatic heterocycles. The van der Waals surface area contributed by atoms with Gasteiger partial charge in [0, 0.05) is 18.0 Å². The number of methoxy groups -OCH3 is 2. The molecule has 2 aromatic heterocycles. The fraction of sp³-hybridized carbons (Fsp3) is 0.333. The Morgan fingerprint density at radius 1 is 1.24 bits per heavy atom. The summed E-state index contributed by atoms with van der Waals surface area (Å²) in [5.74, 6) is 0.247. The molecule has 1 aliphatic rings. The standard InChI is InChI=1S/C24H27N5O4S/c1-32-19-9-7-17(8-10-19)5-3-11-28-15-18(29-16-21(26-27-29)24(31)33-2)13-22(28)23(30)25-14-20-6-4-12-34-20/h3-10,12,16,18,22H,11,13-15H2,1-2H3,(H,25,30)/b5-3+/t18-,22-/m0/s1. The Balaban J connectivity index is 1.45. The maximum atomic E-state index is 13.1. The van der Waals surface area contributed by atoms with Crippen LogP contribution in [-0.4, -0.2) is 65.1 Å². The zero-order valence-corrected chi connectivity index (χ0v) is 19.9. The fourth-order valence-electron chi connectivity index (χ4n) is 3.94. The van der Waals surface area contributed by atoms with Gasteiger partial charge in [-0.15, -0.1) is 16.4 Å². The van der Waals surface area contributed by atoms with Crippen LogP contribution in [0.25, 0.3) is 6.08 Å². The first-order valence-corrected chi connectivity index (χ1v) is 11.8. The van der Waals surface area contributed by atoms with E-state index in [0.717, 1.165) is 16.2 Å². The number of carbonyl (C=O) groups is 2. The van der Waals surface area contributed by atoms with Crippen LogP contribution < -0.4 is 10.1 Å². The number of likely N-dealkylation sites (tertiary alicyclic amines) is 1. The summed E-state index contributed by atoms with van der Waals surface area (Å²) in [5.41, 5.74) is 1.20. The number of nitrogens with one attached hydrogen (secondary N) is 1. The van der Waals surface area contributed by atoms with Gasteiger partial charge >= 0.3 is 5.97 Å². The Morgan fingerprint density at radius 2 is 2.06 bits per heavy atom. The largest absolute Gasteiger partial charge is 0.497 e. The summed E-state index contributed by atoms with van der Waals surface area (Å²) in [7, 11) is 2.95. The van der Waals surface area contributed by atoms with Gasteiger partial charge in [-0.2, -0.15) is 0 Å². The average Bonchev–Trinajstić information content (AvgIpc) is 3.63. The molecule has 34 heavy (non-hydrogen) atoms. The van der Waals surface area contributed by atoms with Crippen molar-refractivity contribution in [3.8, 4) is 5.75 Å². The third-order valence-electron chi connectivity index (χ3n) is 5.75. The summed E-state index contributed by atoms with van der Waals surface area (Å²) in [6.45, 7) is 1.70. The van der Waals surface area contributed by atoms with Crippen LogP contribution in [0, 0.1) is 0 Å². The van der Waals surface area contributed by atoms with Crippen molar-refractivity contribution in [2.45, 2.75) is 25.0 Å². The van der Waals surface area contributed by atoms with E-state index in [9.17, 15) is 9.59 Å². The van der Waals surface area contributed by atoms with Crippen molar-refractivity contribution in [2.24, 2.45) is 0 Å². The van der Waals surface area contributed by atoms with Gasteiger partial charge in [-0.1, -0.05) is 35.6 Å². The van der Waals surface area contributed by atoms with Gasteiger partial charge in [-0.3, -0.25) is 9.69 Å². The molecular weight excluding hydrogens is 454 g/mol. The number of hydrogen-bond donors (Lipinski definition) is 1. The highest BCUT2D eigenvalue weighted by atomic mass is 32.1. The van der Waals surface area contributed by atoms with E-state index in [0.29, 0.717) is 26.1 Å². The van der Waals surface area contributed by atoms with Gasteiger partial charge < -0.3 is 14.8 Å². The fourth-order valence-corrected chi connectivity index (χ4v) is 4.59. The molecule has 0 radical (unpaired) electrons. The van der Waals surface area contributed by atoms with Crippen LogP contribution in [-0.2, 0) is 16.1 Å². The maximum absolute atomic E-state index is 13.1. The second-order valence-electron chi connectivity index (χ2n) is 7.91. The molecule has 0 bridgehead atoms. The molecule has 0 spiro atoms. The molecule has 1 fully saturated rings. The number of esters is 1. The van der Waals surface area contributed by atoms with E-state index in [2.05, 4.69) is 20.5 Å². The molecular formula is C24H27N5O4S. The molecule has 0 saturated carbocycles. The summed E-state index contributed by atoms with van der Waals surface area (Å²) in [4.78, 5) is 28.1. The first-order valence-electron chi connectivity index (χ1n) is 10.9. The number of aromatic nitrogens is 3. The molecule has 178 valence electrons. The van der Waals surface area contributed by atoms with Crippen molar-refractivity contribution in [1.29, 1.82) is 0 Å². The van der Waals surface area contributed by atoms with E-state index in [4.69, 9.17) is 9.47 Å². The highest BCUT2D eigenvalue weighted by Gasteiger charge is 2.37. The van der Waals surface area contributed by atoms with Crippen LogP contribution in [0.1, 0.15) is 33.4 Å². The van der Waals surface area contributed by atoms with Crippen LogP contribution in [0.5, 0.6) is 5.75 Å². The van der Waals surface area contributed by atoms with Crippen molar-refractivity contribution in [2.75, 3.05) is 27.3 Å². The molecule has 9 nitrogen and oxygen atoms in total. The van der Waals surface area contributed by atoms with Gasteiger partial charge in [-0.25, -0.2) is 9.48 Å². The highest BCUT2D eigenvalue weighted by Crippen LogP contribution is 2.27. The lowest BCUT2D eigenvalue weighted by Crippen LogP contribution is -2.42. The number of rotatable bonds is 9. The van der Waals surface area contributed by atoms with E-state index in [1.165, 1.54) is 7.11 Å². The minimum absolute atomic E-state index is 0.0259. The lowest BCUT2D eigenvalue weighted by atomic mass is 10.1. The number of carbonyl (C=O) groups excluding carboxylic acids is 2. The molecule has 1 N–H and O–H groups in total. The molecule has 2 atom stereocenters. The Kier molecular flexibility index (Phi) is 7.71. The summed E-state index contributed by atoms with van der Waals surface area (Å²) < 4.78 is 11.6. The minimum atomic E-state index is -0.534. The average molecular weight is 482 g/mol. The van der Waals surface area contributed by atoms with Gasteiger partial charge in [0.2, 0.25) is 5.91 Å². The van der Waals surface area contributed by atoms with E-state index < -0.39 is 5.97 Å². The molecule has 1 saturated heterocycles. The van der Waals surface area contributed by atoms with Crippen LogP contribution >= 0.6 is 11.3 Å². The SMILES string of the molecule is COC(=O)c1cn([C@H]2C[C@@H](C(=O)NCc3cccs3)N(C/C=C/c3ccc(OC)cc3)C2)nn1. The van der Waals surface area contributed by atoms with Crippen molar-refractivity contribution in [3.05, 3.63) is 70.2 Å². The number of thiophene rings is 1. The highest BCUT2D eigenvalue weighted by molar-refractivity contribution is 7.09. The first-order chi connectivity index (χ1) is 16.6. The first kappa shape index (κ1) is 23.7. The zero-order valence-electron chi connectivity index (χ0n) is 19.1. The Hall–Kier alpha value is -3.50. The predicted molar refractivity (Wildman–Crippen MR) is 129 cm³/mol. The number of benzene rings is 1. The molecule has 1 aromatic carbocycles. The van der Waals surface area contributed by atoms with E-state index in [1.807, 2.05) is 53.9 Å². The third kappa shape index (κ3) is 5.70. The van der Waals surface area contributed by atoms with Gasteiger partial charge in [0.25, 0.3) is 0 Å².